The van der Waals surface area contributed by atoms with Crippen LogP contribution in [0, 0.1) is 13.8 Å². The molecular weight excluding hydrogens is 275 g/mol. The number of hydrogen-bond donors (Lipinski definition) is 0. The van der Waals surface area contributed by atoms with E-state index in [4.69, 9.17) is 9.47 Å². The second-order valence-electron chi connectivity index (χ2n) is 6.35. The van der Waals surface area contributed by atoms with Crippen molar-refractivity contribution in [2.75, 3.05) is 6.61 Å². The predicted octanol–water partition coefficient (Wildman–Crippen LogP) is 3.86. The smallest absolute Gasteiger partial charge is 0.349 e. The van der Waals surface area contributed by atoms with Gasteiger partial charge in [0.15, 0.2) is 5.60 Å². The molecule has 1 rings (SSSR count). The lowest BCUT2D eigenvalue weighted by atomic mass is 9.76. The van der Waals surface area contributed by atoms with Crippen LogP contribution in [0.15, 0.2) is 12.1 Å². The van der Waals surface area contributed by atoms with Crippen LogP contribution < -0.4 is 4.74 Å². The van der Waals surface area contributed by atoms with Gasteiger partial charge in [0.05, 0.1) is 6.61 Å². The van der Waals surface area contributed by atoms with Crippen LogP contribution in [-0.4, -0.2) is 25.5 Å². The third kappa shape index (κ3) is 5.08. The fourth-order valence-corrected chi connectivity index (χ4v) is 2.53. The van der Waals surface area contributed by atoms with Crippen molar-refractivity contribution in [1.82, 2.24) is 0 Å². The third-order valence-electron chi connectivity index (χ3n) is 3.71. The molecule has 0 N–H and O–H groups in total. The Morgan fingerprint density at radius 2 is 1.82 bits per heavy atom. The first-order valence-electron chi connectivity index (χ1n) is 8.28. The van der Waals surface area contributed by atoms with Crippen molar-refractivity contribution in [2.45, 2.75) is 66.2 Å². The zero-order valence-electron chi connectivity index (χ0n) is 14.9. The van der Waals surface area contributed by atoms with Gasteiger partial charge in [0.1, 0.15) is 13.0 Å². The quantitative estimate of drug-likeness (QED) is 0.415. The number of ether oxygens (including phenoxy) is 2. The molecule has 0 aliphatic carbocycles. The molecule has 0 spiro atoms. The van der Waals surface area contributed by atoms with Gasteiger partial charge in [-0.05, 0) is 57.7 Å². The maximum atomic E-state index is 12.0. The molecule has 0 bridgehead atoms. The van der Waals surface area contributed by atoms with Crippen LogP contribution in [0.2, 0.25) is 13.1 Å². The molecule has 0 fully saturated rings. The number of rotatable bonds is 8. The Labute approximate surface area is 135 Å². The average Bonchev–Trinajstić information content (AvgIpc) is 2.43. The van der Waals surface area contributed by atoms with Crippen LogP contribution in [-0.2, 0) is 16.0 Å². The Balaban J connectivity index is 2.90. The highest BCUT2D eigenvalue weighted by molar-refractivity contribution is 6.33. The molecule has 0 unspecified atom stereocenters. The van der Waals surface area contributed by atoms with Gasteiger partial charge in [-0.3, -0.25) is 0 Å². The van der Waals surface area contributed by atoms with Crippen LogP contribution in [0.25, 0.3) is 0 Å². The van der Waals surface area contributed by atoms with Crippen LogP contribution in [0.1, 0.15) is 43.9 Å². The lowest BCUT2D eigenvalue weighted by Crippen LogP contribution is -2.40. The van der Waals surface area contributed by atoms with E-state index in [0.29, 0.717) is 6.61 Å². The molecule has 4 heteroatoms. The molecule has 0 atom stereocenters. The molecule has 1 aromatic carbocycles. The average molecular weight is 304 g/mol. The fourth-order valence-electron chi connectivity index (χ4n) is 2.53. The van der Waals surface area contributed by atoms with Gasteiger partial charge in [0.25, 0.3) is 0 Å². The van der Waals surface area contributed by atoms with Crippen molar-refractivity contribution < 1.29 is 14.3 Å². The van der Waals surface area contributed by atoms with E-state index in [1.54, 1.807) is 20.8 Å². The number of hydrogen-bond acceptors (Lipinski definition) is 3. The molecule has 0 saturated heterocycles. The monoisotopic (exact) mass is 304 g/mol. The second kappa shape index (κ2) is 8.26. The highest BCUT2D eigenvalue weighted by atomic mass is 16.6. The lowest BCUT2D eigenvalue weighted by molar-refractivity contribution is -0.158. The maximum Gasteiger partial charge on any atom is 0.349 e. The van der Waals surface area contributed by atoms with Gasteiger partial charge in [-0.15, -0.1) is 0 Å². The Kier molecular flexibility index (Phi) is 6.98. The molecule has 0 heterocycles. The van der Waals surface area contributed by atoms with Crippen LogP contribution in [0.4, 0.5) is 0 Å². The van der Waals surface area contributed by atoms with Crippen molar-refractivity contribution >= 4 is 13.2 Å². The van der Waals surface area contributed by atoms with E-state index in [0.717, 1.165) is 23.3 Å². The van der Waals surface area contributed by atoms with E-state index < -0.39 is 5.60 Å². The lowest BCUT2D eigenvalue weighted by Gasteiger charge is -2.26. The van der Waals surface area contributed by atoms with Crippen LogP contribution >= 0.6 is 0 Å². The van der Waals surface area contributed by atoms with Gasteiger partial charge in [-0.1, -0.05) is 31.7 Å². The van der Waals surface area contributed by atoms with Gasteiger partial charge < -0.3 is 9.47 Å². The number of aryl methyl sites for hydroxylation is 3. The zero-order valence-corrected chi connectivity index (χ0v) is 14.9. The van der Waals surface area contributed by atoms with Crippen molar-refractivity contribution in [3.05, 3.63) is 28.8 Å². The maximum absolute atomic E-state index is 12.0. The Hall–Kier alpha value is -1.45. The summed E-state index contributed by atoms with van der Waals surface area (Å²) in [6.07, 6.45) is 3.56. The van der Waals surface area contributed by atoms with E-state index in [-0.39, 0.29) is 5.97 Å². The standard InChI is InChI=1S/C18H29BO3/c1-7-21-17(20)18(4,5)22-16-13(2)11-15(12-14(16)3)9-8-10-19-6/h11-12,19H,7-10H2,1-6H3. The van der Waals surface area contributed by atoms with Gasteiger partial charge in [-0.25, -0.2) is 4.79 Å². The molecule has 122 valence electrons. The first-order valence-corrected chi connectivity index (χ1v) is 8.28. The number of benzene rings is 1. The van der Waals surface area contributed by atoms with Gasteiger partial charge >= 0.3 is 5.97 Å². The zero-order chi connectivity index (χ0) is 16.8. The number of carbonyl (C=O) groups excluding carboxylic acids is 1. The summed E-state index contributed by atoms with van der Waals surface area (Å²) in [4.78, 5) is 12.0. The Bertz CT molecular complexity index is 486. The highest BCUT2D eigenvalue weighted by Crippen LogP contribution is 2.29. The second-order valence-corrected chi connectivity index (χ2v) is 6.35. The first kappa shape index (κ1) is 18.6. The minimum absolute atomic E-state index is 0.333. The number of carbonyl (C=O) groups is 1. The normalized spacial score (nSPS) is 11.2. The molecule has 0 radical (unpaired) electrons. The summed E-state index contributed by atoms with van der Waals surface area (Å²) in [7, 11) is 1.23. The highest BCUT2D eigenvalue weighted by Gasteiger charge is 2.32. The van der Waals surface area contributed by atoms with Crippen molar-refractivity contribution in [3.8, 4) is 5.75 Å². The van der Waals surface area contributed by atoms with Gasteiger partial charge in [0.2, 0.25) is 0 Å². The van der Waals surface area contributed by atoms with Crippen LogP contribution in [0.5, 0.6) is 5.75 Å². The summed E-state index contributed by atoms with van der Waals surface area (Å²) in [5.74, 6) is 0.457. The van der Waals surface area contributed by atoms with E-state index in [9.17, 15) is 4.79 Å². The predicted molar refractivity (Wildman–Crippen MR) is 93.4 cm³/mol. The van der Waals surface area contributed by atoms with Gasteiger partial charge in [0, 0.05) is 0 Å². The molecule has 1 aromatic rings. The summed E-state index contributed by atoms with van der Waals surface area (Å²) in [5, 5.41) is 0. The summed E-state index contributed by atoms with van der Waals surface area (Å²) < 4.78 is 11.1. The van der Waals surface area contributed by atoms with E-state index >= 15 is 0 Å². The fraction of sp³-hybridized carbons (Fsp3) is 0.611. The summed E-state index contributed by atoms with van der Waals surface area (Å²) in [5.41, 5.74) is 2.51. The summed E-state index contributed by atoms with van der Waals surface area (Å²) >= 11 is 0. The summed E-state index contributed by atoms with van der Waals surface area (Å²) in [6.45, 7) is 11.9. The Morgan fingerprint density at radius 3 is 2.32 bits per heavy atom. The largest absolute Gasteiger partial charge is 0.476 e. The molecule has 0 amide bonds. The van der Waals surface area contributed by atoms with E-state index in [2.05, 4.69) is 19.0 Å². The van der Waals surface area contributed by atoms with E-state index in [1.807, 2.05) is 13.8 Å². The minimum Gasteiger partial charge on any atom is -0.476 e. The summed E-state index contributed by atoms with van der Waals surface area (Å²) in [6, 6.07) is 4.33. The topological polar surface area (TPSA) is 35.5 Å². The third-order valence-corrected chi connectivity index (χ3v) is 3.71. The molecular formula is C18H29BO3. The van der Waals surface area contributed by atoms with E-state index in [1.165, 1.54) is 25.6 Å². The van der Waals surface area contributed by atoms with Crippen LogP contribution in [0.3, 0.4) is 0 Å². The SMILES string of the molecule is CBCCCc1cc(C)c(OC(C)(C)C(=O)OCC)c(C)c1. The van der Waals surface area contributed by atoms with Crippen molar-refractivity contribution in [1.29, 1.82) is 0 Å². The molecule has 0 aliphatic rings. The van der Waals surface area contributed by atoms with Crippen molar-refractivity contribution in [3.63, 3.8) is 0 Å². The first-order chi connectivity index (χ1) is 10.3. The molecule has 0 saturated carbocycles. The number of esters is 1. The molecule has 0 aliphatic heterocycles. The van der Waals surface area contributed by atoms with Gasteiger partial charge in [-0.2, -0.15) is 0 Å². The Morgan fingerprint density at radius 1 is 1.23 bits per heavy atom. The molecule has 22 heavy (non-hydrogen) atoms. The molecule has 3 nitrogen and oxygen atoms in total. The minimum atomic E-state index is -0.977. The van der Waals surface area contributed by atoms with Crippen molar-refractivity contribution in [2.24, 2.45) is 0 Å². The molecule has 0 aromatic heterocycles.